The van der Waals surface area contributed by atoms with Crippen molar-refractivity contribution in [1.29, 1.82) is 0 Å². The summed E-state index contributed by atoms with van der Waals surface area (Å²) in [5.41, 5.74) is 0. The summed E-state index contributed by atoms with van der Waals surface area (Å²) in [5, 5.41) is 5.17. The molecule has 1 aliphatic carbocycles. The van der Waals surface area contributed by atoms with Crippen molar-refractivity contribution >= 4 is 33.1 Å². The third kappa shape index (κ3) is 3.98. The molecule has 112 valence electrons. The monoisotopic (exact) mass is 332 g/mol. The highest BCUT2D eigenvalue weighted by atomic mass is 32.2. The number of hydrogen-bond acceptors (Lipinski definition) is 5. The van der Waals surface area contributed by atoms with Crippen molar-refractivity contribution in [2.45, 2.75) is 49.2 Å². The van der Waals surface area contributed by atoms with Gasteiger partial charge in [0.2, 0.25) is 10.0 Å². The van der Waals surface area contributed by atoms with Gasteiger partial charge >= 0.3 is 0 Å². The summed E-state index contributed by atoms with van der Waals surface area (Å²) in [6, 6.07) is 2.56. The van der Waals surface area contributed by atoms with Gasteiger partial charge in [-0.2, -0.15) is 11.8 Å². The molecule has 1 saturated heterocycles. The van der Waals surface area contributed by atoms with Crippen LogP contribution in [0, 0.1) is 0 Å². The van der Waals surface area contributed by atoms with Crippen LogP contribution in [0.3, 0.4) is 0 Å². The SMILES string of the molecule is O=S(=O)(NC1CCSCC1)c1csc(CNC2CC2)c1. The van der Waals surface area contributed by atoms with Crippen LogP contribution in [-0.2, 0) is 16.6 Å². The summed E-state index contributed by atoms with van der Waals surface area (Å²) in [6.07, 6.45) is 4.36. The molecule has 0 amide bonds. The van der Waals surface area contributed by atoms with Crippen LogP contribution < -0.4 is 10.0 Å². The molecule has 20 heavy (non-hydrogen) atoms. The lowest BCUT2D eigenvalue weighted by Crippen LogP contribution is -2.37. The Morgan fingerprint density at radius 1 is 1.15 bits per heavy atom. The summed E-state index contributed by atoms with van der Waals surface area (Å²) in [7, 11) is -3.34. The molecule has 0 radical (unpaired) electrons. The average Bonchev–Trinajstić information content (AvgIpc) is 3.13. The molecule has 0 bridgehead atoms. The molecule has 0 aromatic carbocycles. The van der Waals surface area contributed by atoms with Gasteiger partial charge < -0.3 is 5.32 Å². The largest absolute Gasteiger partial charge is 0.309 e. The fraction of sp³-hybridized carbons (Fsp3) is 0.692. The van der Waals surface area contributed by atoms with E-state index in [4.69, 9.17) is 0 Å². The molecule has 1 aromatic rings. The van der Waals surface area contributed by atoms with Crippen LogP contribution in [0.25, 0.3) is 0 Å². The van der Waals surface area contributed by atoms with E-state index >= 15 is 0 Å². The molecule has 2 fully saturated rings. The van der Waals surface area contributed by atoms with Gasteiger partial charge in [0, 0.05) is 28.9 Å². The van der Waals surface area contributed by atoms with Crippen LogP contribution in [-0.4, -0.2) is 32.0 Å². The van der Waals surface area contributed by atoms with Crippen molar-refractivity contribution < 1.29 is 8.42 Å². The molecule has 7 heteroatoms. The van der Waals surface area contributed by atoms with Crippen molar-refractivity contribution in [3.8, 4) is 0 Å². The standard InChI is InChI=1S/C13H20N2O2S3/c16-20(17,15-11-3-5-18-6-4-11)13-7-12(19-9-13)8-14-10-1-2-10/h7,9-11,14-15H,1-6,8H2. The number of rotatable bonds is 6. The maximum atomic E-state index is 12.3. The molecule has 0 spiro atoms. The van der Waals surface area contributed by atoms with E-state index in [1.807, 2.05) is 11.8 Å². The zero-order chi connectivity index (χ0) is 14.0. The summed E-state index contributed by atoms with van der Waals surface area (Å²) in [5.74, 6) is 2.10. The van der Waals surface area contributed by atoms with Crippen molar-refractivity contribution in [3.05, 3.63) is 16.3 Å². The van der Waals surface area contributed by atoms with Crippen molar-refractivity contribution in [2.75, 3.05) is 11.5 Å². The molecule has 2 aliphatic rings. The van der Waals surface area contributed by atoms with Crippen molar-refractivity contribution in [3.63, 3.8) is 0 Å². The molecule has 0 unspecified atom stereocenters. The Balaban J connectivity index is 1.60. The first-order chi connectivity index (χ1) is 9.63. The van der Waals surface area contributed by atoms with Gasteiger partial charge in [-0.05, 0) is 43.3 Å². The van der Waals surface area contributed by atoms with Crippen LogP contribution >= 0.6 is 23.1 Å². The number of hydrogen-bond donors (Lipinski definition) is 2. The van der Waals surface area contributed by atoms with Crippen LogP contribution in [0.4, 0.5) is 0 Å². The second-order valence-electron chi connectivity index (χ2n) is 5.41. The predicted molar refractivity (Wildman–Crippen MR) is 84.8 cm³/mol. The summed E-state index contributed by atoms with van der Waals surface area (Å²) >= 11 is 3.42. The molecule has 4 nitrogen and oxygen atoms in total. The smallest absolute Gasteiger partial charge is 0.241 e. The fourth-order valence-corrected chi connectivity index (χ4v) is 5.87. The molecule has 1 aromatic heterocycles. The average molecular weight is 333 g/mol. The van der Waals surface area contributed by atoms with E-state index in [2.05, 4.69) is 10.0 Å². The third-order valence-electron chi connectivity index (χ3n) is 3.63. The number of nitrogens with one attached hydrogen (secondary N) is 2. The first-order valence-electron chi connectivity index (χ1n) is 7.04. The van der Waals surface area contributed by atoms with Gasteiger partial charge in [0.1, 0.15) is 0 Å². The lowest BCUT2D eigenvalue weighted by Gasteiger charge is -2.21. The number of thiophene rings is 1. The summed E-state index contributed by atoms with van der Waals surface area (Å²) in [4.78, 5) is 1.52. The minimum Gasteiger partial charge on any atom is -0.309 e. The molecule has 2 N–H and O–H groups in total. The topological polar surface area (TPSA) is 58.2 Å². The maximum absolute atomic E-state index is 12.3. The highest BCUT2D eigenvalue weighted by molar-refractivity contribution is 7.99. The van der Waals surface area contributed by atoms with E-state index in [1.165, 1.54) is 24.2 Å². The Bertz CT molecular complexity index is 546. The van der Waals surface area contributed by atoms with Crippen LogP contribution in [0.15, 0.2) is 16.3 Å². The van der Waals surface area contributed by atoms with E-state index in [0.717, 1.165) is 35.8 Å². The molecular weight excluding hydrogens is 312 g/mol. The van der Waals surface area contributed by atoms with Crippen LogP contribution in [0.5, 0.6) is 0 Å². The Kier molecular flexibility index (Phi) is 4.72. The van der Waals surface area contributed by atoms with Crippen LogP contribution in [0.1, 0.15) is 30.6 Å². The van der Waals surface area contributed by atoms with Gasteiger partial charge in [0.25, 0.3) is 0 Å². The molecule has 3 rings (SSSR count). The minimum absolute atomic E-state index is 0.106. The predicted octanol–water partition coefficient (Wildman–Crippen LogP) is 2.17. The fourth-order valence-electron chi connectivity index (χ4n) is 2.23. The quantitative estimate of drug-likeness (QED) is 0.838. The number of sulfonamides is 1. The van der Waals surface area contributed by atoms with E-state index in [1.54, 1.807) is 11.4 Å². The lowest BCUT2D eigenvalue weighted by atomic mass is 10.2. The number of thioether (sulfide) groups is 1. The first-order valence-corrected chi connectivity index (χ1v) is 10.6. The van der Waals surface area contributed by atoms with Gasteiger partial charge in [-0.15, -0.1) is 11.3 Å². The second-order valence-corrected chi connectivity index (χ2v) is 9.35. The minimum atomic E-state index is -3.34. The third-order valence-corrected chi connectivity index (χ3v) is 7.26. The lowest BCUT2D eigenvalue weighted by molar-refractivity contribution is 0.529. The van der Waals surface area contributed by atoms with Gasteiger partial charge in [0.05, 0.1) is 4.90 Å². The highest BCUT2D eigenvalue weighted by Gasteiger charge is 2.24. The van der Waals surface area contributed by atoms with Gasteiger partial charge in [0.15, 0.2) is 0 Å². The normalized spacial score (nSPS) is 21.2. The molecule has 1 aliphatic heterocycles. The first kappa shape index (κ1) is 14.8. The molecule has 2 heterocycles. The zero-order valence-corrected chi connectivity index (χ0v) is 13.7. The van der Waals surface area contributed by atoms with E-state index in [0.29, 0.717) is 10.9 Å². The van der Waals surface area contributed by atoms with E-state index in [-0.39, 0.29) is 6.04 Å². The van der Waals surface area contributed by atoms with Crippen LogP contribution in [0.2, 0.25) is 0 Å². The van der Waals surface area contributed by atoms with Gasteiger partial charge in [-0.3, -0.25) is 0 Å². The van der Waals surface area contributed by atoms with Crippen molar-refractivity contribution in [2.24, 2.45) is 0 Å². The summed E-state index contributed by atoms with van der Waals surface area (Å²) < 4.78 is 27.5. The Morgan fingerprint density at radius 3 is 2.60 bits per heavy atom. The van der Waals surface area contributed by atoms with Gasteiger partial charge in [-0.1, -0.05) is 0 Å². The molecule has 1 saturated carbocycles. The highest BCUT2D eigenvalue weighted by Crippen LogP contribution is 2.24. The second kappa shape index (κ2) is 6.36. The molecular formula is C13H20N2O2S3. The summed E-state index contributed by atoms with van der Waals surface area (Å²) in [6.45, 7) is 0.783. The Labute approximate surface area is 128 Å². The Morgan fingerprint density at radius 2 is 1.90 bits per heavy atom. The van der Waals surface area contributed by atoms with Crippen molar-refractivity contribution in [1.82, 2.24) is 10.0 Å². The Hall–Kier alpha value is -0.0800. The molecule has 0 atom stereocenters. The van der Waals surface area contributed by atoms with E-state index < -0.39 is 10.0 Å². The van der Waals surface area contributed by atoms with E-state index in [9.17, 15) is 8.42 Å². The van der Waals surface area contributed by atoms with Gasteiger partial charge in [-0.25, -0.2) is 13.1 Å². The maximum Gasteiger partial charge on any atom is 0.241 e. The zero-order valence-electron chi connectivity index (χ0n) is 11.3.